The van der Waals surface area contributed by atoms with E-state index in [-0.39, 0.29) is 12.5 Å². The van der Waals surface area contributed by atoms with Crippen molar-refractivity contribution in [2.75, 3.05) is 13.1 Å². The van der Waals surface area contributed by atoms with Crippen LogP contribution in [0.3, 0.4) is 0 Å². The maximum atomic E-state index is 13.2. The Balaban J connectivity index is 1.80. The third-order valence-electron chi connectivity index (χ3n) is 4.96. The molecule has 1 aliphatic heterocycles. The van der Waals surface area contributed by atoms with Crippen LogP contribution in [-0.2, 0) is 16.8 Å². The van der Waals surface area contributed by atoms with Crippen LogP contribution in [0.5, 0.6) is 0 Å². The number of β-amino-alcohol motifs (C(OH)–C–C–N with tert-alkyl or cyclic N) is 1. The molecule has 0 spiro atoms. The molecule has 0 radical (unpaired) electrons. The van der Waals surface area contributed by atoms with Crippen molar-refractivity contribution >= 4 is 5.91 Å². The van der Waals surface area contributed by atoms with E-state index in [1.165, 1.54) is 0 Å². The number of hydrogen-bond acceptors (Lipinski definition) is 6. The van der Waals surface area contributed by atoms with Gasteiger partial charge in [-0.05, 0) is 40.5 Å². The molecule has 0 aliphatic carbocycles. The normalized spacial score (nSPS) is 21.6. The van der Waals surface area contributed by atoms with Crippen LogP contribution in [-0.4, -0.2) is 54.8 Å². The van der Waals surface area contributed by atoms with E-state index in [0.29, 0.717) is 25.3 Å². The number of rotatable bonds is 4. The summed E-state index contributed by atoms with van der Waals surface area (Å²) in [7, 11) is 0. The van der Waals surface area contributed by atoms with Crippen LogP contribution in [0.2, 0.25) is 0 Å². The van der Waals surface area contributed by atoms with E-state index < -0.39 is 11.0 Å². The molecule has 1 aliphatic rings. The van der Waals surface area contributed by atoms with Crippen LogP contribution in [0, 0.1) is 13.8 Å². The second kappa shape index (κ2) is 6.25. The number of aliphatic hydroxyl groups is 1. The second-order valence-electron chi connectivity index (χ2n) is 7.48. The predicted octanol–water partition coefficient (Wildman–Crippen LogP) is 1.21. The largest absolute Gasteiger partial charge is 0.386 e. The lowest BCUT2D eigenvalue weighted by Crippen LogP contribution is -2.56. The first-order chi connectivity index (χ1) is 11.7. The number of nitrogens with zero attached hydrogens (tertiary/aromatic N) is 5. The lowest BCUT2D eigenvalue weighted by atomic mass is 9.80. The summed E-state index contributed by atoms with van der Waals surface area (Å²) < 4.78 is 6.85. The van der Waals surface area contributed by atoms with Crippen molar-refractivity contribution < 1.29 is 14.4 Å². The summed E-state index contributed by atoms with van der Waals surface area (Å²) in [5.41, 5.74) is -0.218. The molecule has 1 fully saturated rings. The smallest absolute Gasteiger partial charge is 0.232 e. The summed E-state index contributed by atoms with van der Waals surface area (Å²) in [6.07, 6.45) is 4.67. The minimum absolute atomic E-state index is 0.0291. The molecule has 0 aromatic carbocycles. The summed E-state index contributed by atoms with van der Waals surface area (Å²) in [4.78, 5) is 15.0. The van der Waals surface area contributed by atoms with Gasteiger partial charge in [0.15, 0.2) is 0 Å². The third kappa shape index (κ3) is 3.30. The van der Waals surface area contributed by atoms with Gasteiger partial charge >= 0.3 is 0 Å². The maximum absolute atomic E-state index is 13.2. The summed E-state index contributed by atoms with van der Waals surface area (Å²) in [6.45, 7) is 8.66. The number of hydrogen-bond donors (Lipinski definition) is 1. The molecule has 3 heterocycles. The second-order valence-corrected chi connectivity index (χ2v) is 7.48. The van der Waals surface area contributed by atoms with Crippen molar-refractivity contribution in [1.82, 2.24) is 25.1 Å². The maximum Gasteiger partial charge on any atom is 0.232 e. The molecule has 1 atom stereocenters. The topological polar surface area (TPSA) is 97.3 Å². The van der Waals surface area contributed by atoms with Gasteiger partial charge in [-0.3, -0.25) is 4.79 Å². The van der Waals surface area contributed by atoms with Crippen molar-refractivity contribution in [3.05, 3.63) is 29.4 Å². The van der Waals surface area contributed by atoms with Crippen molar-refractivity contribution in [3.63, 3.8) is 0 Å². The Morgan fingerprint density at radius 3 is 2.80 bits per heavy atom. The van der Waals surface area contributed by atoms with Crippen LogP contribution < -0.4 is 0 Å². The van der Waals surface area contributed by atoms with E-state index in [9.17, 15) is 9.90 Å². The molecule has 1 unspecified atom stereocenters. The SMILES string of the molecule is Cc1noc(C)c1C(C)(C)C(=O)N1CCCC(O)(Cn2ccnn2)C1. The number of aromatic nitrogens is 4. The molecule has 2 aromatic heterocycles. The van der Waals surface area contributed by atoms with Gasteiger partial charge in [-0.1, -0.05) is 10.4 Å². The molecule has 1 N–H and O–H groups in total. The monoisotopic (exact) mass is 347 g/mol. The van der Waals surface area contributed by atoms with Crippen LogP contribution in [0.25, 0.3) is 0 Å². The average molecular weight is 347 g/mol. The molecule has 0 bridgehead atoms. The summed E-state index contributed by atoms with van der Waals surface area (Å²) in [5, 5.41) is 22.6. The molecule has 25 heavy (non-hydrogen) atoms. The van der Waals surface area contributed by atoms with Gasteiger partial charge in [-0.2, -0.15) is 0 Å². The lowest BCUT2D eigenvalue weighted by molar-refractivity contribution is -0.144. The Morgan fingerprint density at radius 2 is 2.20 bits per heavy atom. The molecular weight excluding hydrogens is 322 g/mol. The highest BCUT2D eigenvalue weighted by Crippen LogP contribution is 2.33. The van der Waals surface area contributed by atoms with E-state index >= 15 is 0 Å². The van der Waals surface area contributed by atoms with E-state index in [1.807, 2.05) is 27.7 Å². The van der Waals surface area contributed by atoms with Gasteiger partial charge in [-0.25, -0.2) is 4.68 Å². The van der Waals surface area contributed by atoms with E-state index in [2.05, 4.69) is 15.5 Å². The number of carbonyl (C=O) groups is 1. The van der Waals surface area contributed by atoms with Gasteiger partial charge in [0, 0.05) is 18.3 Å². The molecule has 2 aromatic rings. The van der Waals surface area contributed by atoms with E-state index in [4.69, 9.17) is 4.52 Å². The first-order valence-corrected chi connectivity index (χ1v) is 8.52. The van der Waals surface area contributed by atoms with Gasteiger partial charge in [0.05, 0.1) is 30.4 Å². The van der Waals surface area contributed by atoms with Crippen LogP contribution in [0.1, 0.15) is 43.7 Å². The zero-order valence-corrected chi connectivity index (χ0v) is 15.2. The van der Waals surface area contributed by atoms with Crippen LogP contribution in [0.4, 0.5) is 0 Å². The fraction of sp³-hybridized carbons (Fsp3) is 0.647. The lowest BCUT2D eigenvalue weighted by Gasteiger charge is -2.42. The Kier molecular flexibility index (Phi) is 4.40. The highest BCUT2D eigenvalue weighted by atomic mass is 16.5. The third-order valence-corrected chi connectivity index (χ3v) is 4.96. The number of piperidine rings is 1. The van der Waals surface area contributed by atoms with E-state index in [1.54, 1.807) is 22.0 Å². The summed E-state index contributed by atoms with van der Waals surface area (Å²) >= 11 is 0. The van der Waals surface area contributed by atoms with Gasteiger partial charge in [0.25, 0.3) is 0 Å². The van der Waals surface area contributed by atoms with Crippen LogP contribution in [0.15, 0.2) is 16.9 Å². The van der Waals surface area contributed by atoms with Gasteiger partial charge in [-0.15, -0.1) is 5.10 Å². The number of amides is 1. The summed E-state index contributed by atoms with van der Waals surface area (Å²) in [5.74, 6) is 0.629. The number of likely N-dealkylation sites (tertiary alicyclic amines) is 1. The number of aryl methyl sites for hydroxylation is 2. The molecular formula is C17H25N5O3. The Morgan fingerprint density at radius 1 is 1.44 bits per heavy atom. The molecule has 136 valence electrons. The zero-order valence-electron chi connectivity index (χ0n) is 15.2. The first kappa shape index (κ1) is 17.6. The minimum Gasteiger partial charge on any atom is -0.386 e. The van der Waals surface area contributed by atoms with Crippen molar-refractivity contribution in [2.24, 2.45) is 0 Å². The van der Waals surface area contributed by atoms with Crippen LogP contribution >= 0.6 is 0 Å². The van der Waals surface area contributed by atoms with Crippen molar-refractivity contribution in [2.45, 2.75) is 58.1 Å². The van der Waals surface area contributed by atoms with Gasteiger partial charge in [0.2, 0.25) is 5.91 Å². The fourth-order valence-corrected chi connectivity index (χ4v) is 3.91. The summed E-state index contributed by atoms with van der Waals surface area (Å²) in [6, 6.07) is 0. The zero-order chi connectivity index (χ0) is 18.2. The molecule has 1 amide bonds. The fourth-order valence-electron chi connectivity index (χ4n) is 3.91. The highest BCUT2D eigenvalue weighted by molar-refractivity contribution is 5.88. The standard InChI is InChI=1S/C17H25N5O3/c1-12-14(13(2)25-19-12)16(3,4)15(23)21-8-5-6-17(24,10-21)11-22-9-7-18-20-22/h7,9,24H,5-6,8,10-11H2,1-4H3. The molecule has 3 rings (SSSR count). The first-order valence-electron chi connectivity index (χ1n) is 8.52. The number of carbonyl (C=O) groups excluding carboxylic acids is 1. The van der Waals surface area contributed by atoms with E-state index in [0.717, 1.165) is 17.7 Å². The minimum atomic E-state index is -1.00. The molecule has 1 saturated heterocycles. The molecule has 0 saturated carbocycles. The quantitative estimate of drug-likeness (QED) is 0.893. The average Bonchev–Trinajstić information content (AvgIpc) is 3.16. The van der Waals surface area contributed by atoms with Gasteiger partial charge in [0.1, 0.15) is 11.4 Å². The van der Waals surface area contributed by atoms with Crippen molar-refractivity contribution in [1.29, 1.82) is 0 Å². The van der Waals surface area contributed by atoms with Crippen molar-refractivity contribution in [3.8, 4) is 0 Å². The Labute approximate surface area is 146 Å². The molecule has 8 heteroatoms. The Hall–Kier alpha value is -2.22. The predicted molar refractivity (Wildman–Crippen MR) is 89.8 cm³/mol. The Bertz CT molecular complexity index is 733. The molecule has 8 nitrogen and oxygen atoms in total. The highest BCUT2D eigenvalue weighted by Gasteiger charge is 2.43. The van der Waals surface area contributed by atoms with Gasteiger partial charge < -0.3 is 14.5 Å².